The highest BCUT2D eigenvalue weighted by Crippen LogP contribution is 2.27. The van der Waals surface area contributed by atoms with Crippen LogP contribution in [-0.2, 0) is 6.54 Å². The van der Waals surface area contributed by atoms with Crippen LogP contribution in [0.3, 0.4) is 0 Å². The number of hydrogen-bond acceptors (Lipinski definition) is 4. The van der Waals surface area contributed by atoms with Crippen molar-refractivity contribution in [2.75, 3.05) is 0 Å². The van der Waals surface area contributed by atoms with Gasteiger partial charge in [-0.15, -0.1) is 0 Å². The van der Waals surface area contributed by atoms with E-state index in [0.29, 0.717) is 23.6 Å². The summed E-state index contributed by atoms with van der Waals surface area (Å²) in [6.45, 7) is 2.20. The van der Waals surface area contributed by atoms with Crippen molar-refractivity contribution in [3.63, 3.8) is 0 Å². The highest BCUT2D eigenvalue weighted by atomic mass is 79.9. The molecule has 3 aromatic heterocycles. The second-order valence-electron chi connectivity index (χ2n) is 6.15. The lowest BCUT2D eigenvalue weighted by molar-refractivity contribution is 0.0949. The lowest BCUT2D eigenvalue weighted by Crippen LogP contribution is -2.23. The molecule has 0 unspecified atom stereocenters. The van der Waals surface area contributed by atoms with Gasteiger partial charge in [0.05, 0.1) is 23.3 Å². The van der Waals surface area contributed by atoms with Gasteiger partial charge in [0.1, 0.15) is 11.5 Å². The molecule has 3 heterocycles. The first-order valence-electron chi connectivity index (χ1n) is 8.44. The van der Waals surface area contributed by atoms with Crippen LogP contribution >= 0.6 is 15.9 Å². The number of halogens is 1. The van der Waals surface area contributed by atoms with E-state index in [4.69, 9.17) is 9.40 Å². The Morgan fingerprint density at radius 3 is 2.81 bits per heavy atom. The number of aromatic nitrogens is 2. The van der Waals surface area contributed by atoms with Gasteiger partial charge >= 0.3 is 0 Å². The molecular formula is C21H16BrN3O2. The van der Waals surface area contributed by atoms with Crippen molar-refractivity contribution in [3.05, 3.63) is 82.5 Å². The van der Waals surface area contributed by atoms with Crippen molar-refractivity contribution in [1.29, 1.82) is 0 Å². The van der Waals surface area contributed by atoms with Gasteiger partial charge in [0.2, 0.25) is 0 Å². The number of nitrogens with zero attached hydrogens (tertiary/aromatic N) is 2. The molecule has 0 spiro atoms. The molecule has 134 valence electrons. The topological polar surface area (TPSA) is 68.0 Å². The van der Waals surface area contributed by atoms with Gasteiger partial charge in [0, 0.05) is 27.8 Å². The third-order valence-corrected chi connectivity index (χ3v) is 4.69. The predicted octanol–water partition coefficient (Wildman–Crippen LogP) is 4.89. The molecule has 0 saturated carbocycles. The fourth-order valence-electron chi connectivity index (χ4n) is 2.89. The molecule has 27 heavy (non-hydrogen) atoms. The molecule has 0 saturated heterocycles. The molecule has 6 heteroatoms. The number of carbonyl (C=O) groups is 1. The number of furan rings is 1. The van der Waals surface area contributed by atoms with E-state index in [2.05, 4.69) is 26.2 Å². The Morgan fingerprint density at radius 2 is 2.07 bits per heavy atom. The summed E-state index contributed by atoms with van der Waals surface area (Å²) in [4.78, 5) is 21.8. The van der Waals surface area contributed by atoms with Gasteiger partial charge in [0.25, 0.3) is 5.91 Å². The van der Waals surface area contributed by atoms with Gasteiger partial charge < -0.3 is 9.73 Å². The van der Waals surface area contributed by atoms with Crippen molar-refractivity contribution in [3.8, 4) is 11.3 Å². The van der Waals surface area contributed by atoms with E-state index in [0.717, 1.165) is 26.7 Å². The van der Waals surface area contributed by atoms with Gasteiger partial charge in [-0.2, -0.15) is 0 Å². The quantitative estimate of drug-likeness (QED) is 0.509. The number of carbonyl (C=O) groups excluding carboxylic acids is 1. The first-order chi connectivity index (χ1) is 13.1. The molecule has 0 aliphatic carbocycles. The zero-order chi connectivity index (χ0) is 18.8. The average molecular weight is 422 g/mol. The summed E-state index contributed by atoms with van der Waals surface area (Å²) in [5.41, 5.74) is 2.87. The van der Waals surface area contributed by atoms with Crippen molar-refractivity contribution in [2.45, 2.75) is 13.5 Å². The Bertz CT molecular complexity index is 1120. The summed E-state index contributed by atoms with van der Waals surface area (Å²) >= 11 is 3.47. The summed E-state index contributed by atoms with van der Waals surface area (Å²) in [6.07, 6.45) is 3.45. The lowest BCUT2D eigenvalue weighted by Gasteiger charge is -2.10. The molecule has 1 amide bonds. The van der Waals surface area contributed by atoms with Crippen LogP contribution in [0.2, 0.25) is 0 Å². The van der Waals surface area contributed by atoms with Crippen LogP contribution in [-0.4, -0.2) is 15.9 Å². The average Bonchev–Trinajstić information content (AvgIpc) is 3.11. The molecular weight excluding hydrogens is 406 g/mol. The number of aryl methyl sites for hydroxylation is 1. The van der Waals surface area contributed by atoms with Crippen LogP contribution in [0.15, 0.2) is 69.8 Å². The third kappa shape index (κ3) is 3.75. The lowest BCUT2D eigenvalue weighted by atomic mass is 10.0. The van der Waals surface area contributed by atoms with E-state index in [9.17, 15) is 4.79 Å². The van der Waals surface area contributed by atoms with Gasteiger partial charge in [-0.1, -0.05) is 15.9 Å². The molecule has 4 aromatic rings. The molecule has 1 N–H and O–H groups in total. The maximum atomic E-state index is 12.9. The number of amides is 1. The molecule has 0 aliphatic heterocycles. The number of benzene rings is 1. The van der Waals surface area contributed by atoms with Crippen molar-refractivity contribution >= 4 is 32.7 Å². The van der Waals surface area contributed by atoms with Crippen molar-refractivity contribution < 1.29 is 9.21 Å². The van der Waals surface area contributed by atoms with Gasteiger partial charge in [0.15, 0.2) is 0 Å². The minimum Gasteiger partial charge on any atom is -0.465 e. The van der Waals surface area contributed by atoms with E-state index in [1.165, 1.54) is 0 Å². The molecule has 0 radical (unpaired) electrons. The number of hydrogen-bond donors (Lipinski definition) is 1. The molecule has 0 fully saturated rings. The van der Waals surface area contributed by atoms with Crippen LogP contribution < -0.4 is 5.32 Å². The molecule has 4 rings (SSSR count). The number of rotatable bonds is 4. The van der Waals surface area contributed by atoms with Crippen LogP contribution in [0.1, 0.15) is 21.9 Å². The standard InChI is InChI=1S/C21H16BrN3O2/c1-13-4-6-16(27-13)12-24-21(26)18-10-20(14-3-2-8-23-11-14)25-19-7-5-15(22)9-17(18)19/h2-11H,12H2,1H3,(H,24,26). The highest BCUT2D eigenvalue weighted by Gasteiger charge is 2.15. The fraction of sp³-hybridized carbons (Fsp3) is 0.0952. The Labute approximate surface area is 164 Å². The van der Waals surface area contributed by atoms with Gasteiger partial charge in [-0.25, -0.2) is 4.98 Å². The van der Waals surface area contributed by atoms with Crippen LogP contribution in [0.4, 0.5) is 0 Å². The Kier molecular flexibility index (Phi) is 4.73. The molecule has 1 aromatic carbocycles. The van der Waals surface area contributed by atoms with Gasteiger partial charge in [-0.3, -0.25) is 9.78 Å². The van der Waals surface area contributed by atoms with Crippen molar-refractivity contribution in [1.82, 2.24) is 15.3 Å². The maximum Gasteiger partial charge on any atom is 0.252 e. The fourth-order valence-corrected chi connectivity index (χ4v) is 3.25. The molecule has 5 nitrogen and oxygen atoms in total. The minimum absolute atomic E-state index is 0.181. The summed E-state index contributed by atoms with van der Waals surface area (Å²) in [7, 11) is 0. The minimum atomic E-state index is -0.181. The molecule has 0 bridgehead atoms. The van der Waals surface area contributed by atoms with E-state index < -0.39 is 0 Å². The Balaban J connectivity index is 1.74. The first kappa shape index (κ1) is 17.4. The largest absolute Gasteiger partial charge is 0.465 e. The SMILES string of the molecule is Cc1ccc(CNC(=O)c2cc(-c3cccnc3)nc3ccc(Br)cc23)o1. The summed E-state index contributed by atoms with van der Waals surface area (Å²) in [6, 6.07) is 15.0. The first-order valence-corrected chi connectivity index (χ1v) is 9.24. The van der Waals surface area contributed by atoms with E-state index in [-0.39, 0.29) is 5.91 Å². The molecule has 0 aliphatic rings. The number of nitrogens with one attached hydrogen (secondary N) is 1. The van der Waals surface area contributed by atoms with Gasteiger partial charge in [-0.05, 0) is 55.5 Å². The second kappa shape index (κ2) is 7.32. The Morgan fingerprint density at radius 1 is 1.19 bits per heavy atom. The second-order valence-corrected chi connectivity index (χ2v) is 7.07. The zero-order valence-corrected chi connectivity index (χ0v) is 16.2. The van der Waals surface area contributed by atoms with Crippen LogP contribution in [0.5, 0.6) is 0 Å². The summed E-state index contributed by atoms with van der Waals surface area (Å²) in [5, 5.41) is 3.71. The zero-order valence-electron chi connectivity index (χ0n) is 14.6. The third-order valence-electron chi connectivity index (χ3n) is 4.19. The summed E-state index contributed by atoms with van der Waals surface area (Å²) in [5.74, 6) is 1.35. The van der Waals surface area contributed by atoms with Crippen molar-refractivity contribution in [2.24, 2.45) is 0 Å². The monoisotopic (exact) mass is 421 g/mol. The summed E-state index contributed by atoms with van der Waals surface area (Å²) < 4.78 is 6.42. The Hall–Kier alpha value is -2.99. The van der Waals surface area contributed by atoms with E-state index >= 15 is 0 Å². The van der Waals surface area contributed by atoms with E-state index in [1.54, 1.807) is 18.5 Å². The number of pyridine rings is 2. The predicted molar refractivity (Wildman–Crippen MR) is 107 cm³/mol. The number of fused-ring (bicyclic) bond motifs is 1. The van der Waals surface area contributed by atoms with E-state index in [1.807, 2.05) is 49.4 Å². The molecule has 0 atom stereocenters. The maximum absolute atomic E-state index is 12.9. The normalized spacial score (nSPS) is 10.9. The highest BCUT2D eigenvalue weighted by molar-refractivity contribution is 9.10. The van der Waals surface area contributed by atoms with Crippen LogP contribution in [0.25, 0.3) is 22.2 Å². The smallest absolute Gasteiger partial charge is 0.252 e. The van der Waals surface area contributed by atoms with Crippen LogP contribution in [0, 0.1) is 6.92 Å².